The molecule has 1 aromatic heterocycles. The Kier molecular flexibility index (Phi) is 7.93. The molecule has 0 aliphatic heterocycles. The van der Waals surface area contributed by atoms with Crippen LogP contribution < -0.4 is 10.9 Å². The fourth-order valence-corrected chi connectivity index (χ4v) is 3.41. The molecule has 0 saturated heterocycles. The van der Waals surface area contributed by atoms with Gasteiger partial charge in [-0.2, -0.15) is 11.8 Å². The van der Waals surface area contributed by atoms with Crippen molar-refractivity contribution in [3.8, 4) is 0 Å². The molecule has 0 unspecified atom stereocenters. The average Bonchev–Trinajstić information content (AvgIpc) is 2.62. The molecule has 2 amide bonds. The summed E-state index contributed by atoms with van der Waals surface area (Å²) in [6, 6.07) is 9.20. The molecule has 0 saturated carbocycles. The van der Waals surface area contributed by atoms with Crippen molar-refractivity contribution in [2.45, 2.75) is 31.2 Å². The minimum absolute atomic E-state index is 0.200. The smallest absolute Gasteiger partial charge is 0.269 e. The zero-order chi connectivity index (χ0) is 18.9. The van der Waals surface area contributed by atoms with Gasteiger partial charge >= 0.3 is 0 Å². The molecule has 2 aromatic rings. The van der Waals surface area contributed by atoms with Crippen LogP contribution >= 0.6 is 23.5 Å². The zero-order valence-corrected chi connectivity index (χ0v) is 16.7. The van der Waals surface area contributed by atoms with Gasteiger partial charge in [0.2, 0.25) is 5.91 Å². The van der Waals surface area contributed by atoms with E-state index in [1.807, 2.05) is 38.3 Å². The van der Waals surface area contributed by atoms with E-state index in [-0.39, 0.29) is 11.8 Å². The summed E-state index contributed by atoms with van der Waals surface area (Å²) in [6.07, 6.45) is 2.30. The third-order valence-corrected chi connectivity index (χ3v) is 4.93. The number of nitrogens with zero attached hydrogens (tertiary/aromatic N) is 2. The molecule has 8 heteroatoms. The fraction of sp³-hybridized carbons (Fsp3) is 0.333. The van der Waals surface area contributed by atoms with E-state index in [0.29, 0.717) is 12.0 Å². The molecule has 138 valence electrons. The third kappa shape index (κ3) is 6.68. The van der Waals surface area contributed by atoms with Crippen LogP contribution in [0.3, 0.4) is 0 Å². The van der Waals surface area contributed by atoms with E-state index in [2.05, 4.69) is 20.8 Å². The zero-order valence-electron chi connectivity index (χ0n) is 15.0. The average molecular weight is 391 g/mol. The van der Waals surface area contributed by atoms with Crippen LogP contribution in [-0.2, 0) is 10.5 Å². The Morgan fingerprint density at radius 3 is 2.31 bits per heavy atom. The van der Waals surface area contributed by atoms with Crippen LogP contribution in [0.1, 0.15) is 33.7 Å². The lowest BCUT2D eigenvalue weighted by Crippen LogP contribution is -2.41. The minimum atomic E-state index is -0.334. The second kappa shape index (κ2) is 10.2. The first-order valence-corrected chi connectivity index (χ1v) is 10.5. The molecule has 0 bridgehead atoms. The summed E-state index contributed by atoms with van der Waals surface area (Å²) in [4.78, 5) is 32.3. The number of hydrazine groups is 1. The van der Waals surface area contributed by atoms with Gasteiger partial charge in [0.25, 0.3) is 5.91 Å². The highest BCUT2D eigenvalue weighted by molar-refractivity contribution is 7.98. The van der Waals surface area contributed by atoms with Crippen molar-refractivity contribution in [2.75, 3.05) is 12.0 Å². The highest BCUT2D eigenvalue weighted by Crippen LogP contribution is 2.20. The minimum Gasteiger partial charge on any atom is -0.273 e. The Hall–Kier alpha value is -2.06. The summed E-state index contributed by atoms with van der Waals surface area (Å²) in [6.45, 7) is 3.90. The van der Waals surface area contributed by atoms with Gasteiger partial charge in [0.15, 0.2) is 5.16 Å². The van der Waals surface area contributed by atoms with Gasteiger partial charge in [0.05, 0.1) is 0 Å². The van der Waals surface area contributed by atoms with Crippen molar-refractivity contribution < 1.29 is 9.59 Å². The molecule has 0 radical (unpaired) electrons. The summed E-state index contributed by atoms with van der Waals surface area (Å²) in [7, 11) is 0. The second-order valence-electron chi connectivity index (χ2n) is 5.66. The Morgan fingerprint density at radius 2 is 1.69 bits per heavy atom. The van der Waals surface area contributed by atoms with Crippen molar-refractivity contribution in [1.29, 1.82) is 0 Å². The van der Waals surface area contributed by atoms with Crippen molar-refractivity contribution >= 4 is 35.3 Å². The van der Waals surface area contributed by atoms with Gasteiger partial charge < -0.3 is 0 Å². The number of thioether (sulfide) groups is 2. The first-order chi connectivity index (χ1) is 12.5. The van der Waals surface area contributed by atoms with Gasteiger partial charge in [0.1, 0.15) is 0 Å². The van der Waals surface area contributed by atoms with Crippen LogP contribution in [0, 0.1) is 13.8 Å². The number of carbonyl (C=O) groups excluding carboxylic acids is 2. The molecule has 26 heavy (non-hydrogen) atoms. The van der Waals surface area contributed by atoms with Crippen molar-refractivity contribution in [3.05, 3.63) is 52.8 Å². The highest BCUT2D eigenvalue weighted by atomic mass is 32.2. The number of rotatable bonds is 7. The number of hydrogen-bond donors (Lipinski definition) is 2. The Morgan fingerprint density at radius 1 is 1.04 bits per heavy atom. The summed E-state index contributed by atoms with van der Waals surface area (Å²) in [5.41, 5.74) is 8.30. The summed E-state index contributed by atoms with van der Waals surface area (Å²) < 4.78 is 0. The van der Waals surface area contributed by atoms with E-state index in [4.69, 9.17) is 0 Å². The quantitative estimate of drug-likeness (QED) is 0.430. The van der Waals surface area contributed by atoms with E-state index in [0.717, 1.165) is 33.6 Å². The van der Waals surface area contributed by atoms with E-state index in [1.54, 1.807) is 35.7 Å². The van der Waals surface area contributed by atoms with Gasteiger partial charge in [-0.05, 0) is 43.9 Å². The van der Waals surface area contributed by atoms with E-state index >= 15 is 0 Å². The van der Waals surface area contributed by atoms with Crippen LogP contribution in [0.4, 0.5) is 0 Å². The number of aromatic nitrogens is 2. The molecule has 6 nitrogen and oxygen atoms in total. The van der Waals surface area contributed by atoms with E-state index in [9.17, 15) is 9.59 Å². The normalized spacial score (nSPS) is 10.4. The molecule has 0 aliphatic rings. The van der Waals surface area contributed by atoms with Gasteiger partial charge in [-0.25, -0.2) is 9.97 Å². The second-order valence-corrected chi connectivity index (χ2v) is 7.59. The lowest BCUT2D eigenvalue weighted by Gasteiger charge is -2.08. The molecule has 1 aromatic carbocycles. The topological polar surface area (TPSA) is 84.0 Å². The first-order valence-electron chi connectivity index (χ1n) is 8.10. The molecule has 2 rings (SSSR count). The lowest BCUT2D eigenvalue weighted by atomic mass is 10.1. The number of amides is 2. The molecular formula is C18H22N4O2S2. The van der Waals surface area contributed by atoms with Crippen LogP contribution in [0.25, 0.3) is 0 Å². The molecule has 1 heterocycles. The van der Waals surface area contributed by atoms with Crippen LogP contribution in [0.5, 0.6) is 0 Å². The van der Waals surface area contributed by atoms with Crippen LogP contribution in [-0.4, -0.2) is 33.8 Å². The predicted octanol–water partition coefficient (Wildman–Crippen LogP) is 2.90. The number of carbonyl (C=O) groups is 2. The Labute approximate surface area is 161 Å². The first kappa shape index (κ1) is 20.3. The van der Waals surface area contributed by atoms with Gasteiger partial charge in [-0.1, -0.05) is 23.9 Å². The summed E-state index contributed by atoms with van der Waals surface area (Å²) in [5, 5.41) is 0.747. The van der Waals surface area contributed by atoms with E-state index < -0.39 is 0 Å². The monoisotopic (exact) mass is 390 g/mol. The maximum atomic E-state index is 12.0. The maximum Gasteiger partial charge on any atom is 0.269 e. The SMILES string of the molecule is CSCCC(=O)NNC(=O)c1ccc(CSc2nc(C)cc(C)n2)cc1. The molecular weight excluding hydrogens is 368 g/mol. The predicted molar refractivity (Wildman–Crippen MR) is 106 cm³/mol. The third-order valence-electron chi connectivity index (χ3n) is 3.39. The van der Waals surface area contributed by atoms with Crippen LogP contribution in [0.15, 0.2) is 35.5 Å². The maximum absolute atomic E-state index is 12.0. The number of nitrogens with one attached hydrogen (secondary N) is 2. The van der Waals surface area contributed by atoms with Crippen LogP contribution in [0.2, 0.25) is 0 Å². The Bertz CT molecular complexity index is 746. The molecule has 2 N–H and O–H groups in total. The molecule has 0 spiro atoms. The van der Waals surface area contributed by atoms with Gasteiger partial charge in [-0.15, -0.1) is 0 Å². The number of benzene rings is 1. The van der Waals surface area contributed by atoms with Crippen molar-refractivity contribution in [2.24, 2.45) is 0 Å². The number of hydrogen-bond acceptors (Lipinski definition) is 6. The fourth-order valence-electron chi connectivity index (χ4n) is 2.11. The molecule has 0 aliphatic carbocycles. The number of aryl methyl sites for hydroxylation is 2. The summed E-state index contributed by atoms with van der Waals surface area (Å²) >= 11 is 3.14. The standard InChI is InChI=1S/C18H22N4O2S2/c1-12-10-13(2)20-18(19-12)26-11-14-4-6-15(7-5-14)17(24)22-21-16(23)8-9-25-3/h4-7,10H,8-9,11H2,1-3H3,(H,21,23)(H,22,24). The summed E-state index contributed by atoms with van der Waals surface area (Å²) in [5.74, 6) is 0.905. The molecule has 0 fully saturated rings. The van der Waals surface area contributed by atoms with Gasteiger partial charge in [-0.3, -0.25) is 20.4 Å². The van der Waals surface area contributed by atoms with Crippen molar-refractivity contribution in [1.82, 2.24) is 20.8 Å². The Balaban J connectivity index is 1.85. The van der Waals surface area contributed by atoms with Gasteiger partial charge in [0, 0.05) is 34.9 Å². The largest absolute Gasteiger partial charge is 0.273 e. The van der Waals surface area contributed by atoms with E-state index in [1.165, 1.54) is 0 Å². The lowest BCUT2D eigenvalue weighted by molar-refractivity contribution is -0.121. The highest BCUT2D eigenvalue weighted by Gasteiger charge is 2.08. The molecule has 0 atom stereocenters. The van der Waals surface area contributed by atoms with Crippen molar-refractivity contribution in [3.63, 3.8) is 0 Å².